The number of imide groups is 1. The van der Waals surface area contributed by atoms with Gasteiger partial charge in [-0.3, -0.25) is 9.59 Å². The fourth-order valence-electron chi connectivity index (χ4n) is 5.27. The fourth-order valence-corrected chi connectivity index (χ4v) is 12.5. The van der Waals surface area contributed by atoms with Crippen molar-refractivity contribution in [2.75, 3.05) is 11.1 Å². The molecule has 3 aliphatic rings. The maximum atomic E-state index is 13.3. The van der Waals surface area contributed by atoms with Crippen LogP contribution in [0, 0.1) is 11.8 Å². The Bertz CT molecular complexity index is 789. The van der Waals surface area contributed by atoms with Crippen LogP contribution in [0.2, 0.25) is 0 Å². The molecule has 0 N–H and O–H groups in total. The van der Waals surface area contributed by atoms with E-state index in [-0.39, 0.29) is 35.0 Å². The molecule has 4 rings (SSSR count). The molecule has 0 aliphatic carbocycles. The lowest BCUT2D eigenvalue weighted by molar-refractivity contribution is -0.122. The van der Waals surface area contributed by atoms with E-state index in [0.717, 1.165) is 19.0 Å². The number of hydrogen-bond acceptors (Lipinski definition) is 3. The highest BCUT2D eigenvalue weighted by atomic mass is 32.4. The predicted molar refractivity (Wildman–Crippen MR) is 106 cm³/mol. The molecule has 132 valence electrons. The highest BCUT2D eigenvalue weighted by Gasteiger charge is 2.68. The van der Waals surface area contributed by atoms with Gasteiger partial charge in [-0.1, -0.05) is 54.5 Å². The Morgan fingerprint density at radius 3 is 2.00 bits per heavy atom. The summed E-state index contributed by atoms with van der Waals surface area (Å²) in [6.07, 6.45) is 3.25. The van der Waals surface area contributed by atoms with E-state index >= 15 is 0 Å². The second-order valence-corrected chi connectivity index (χ2v) is 12.9. The van der Waals surface area contributed by atoms with Crippen molar-refractivity contribution < 1.29 is 9.59 Å². The first kappa shape index (κ1) is 17.2. The summed E-state index contributed by atoms with van der Waals surface area (Å²) < 4.78 is 0. The molecule has 0 spiro atoms. The second-order valence-electron chi connectivity index (χ2n) is 7.59. The molecule has 2 fully saturated rings. The SMILES string of the molecule is CCCCP1(=S)[C@@H]2C(C)=C(C)[C@H]1[C@H]1C(=O)N(c3ccccc3)C(=O)[C@H]12. The first-order valence-corrected chi connectivity index (χ1v) is 12.2. The van der Waals surface area contributed by atoms with E-state index in [1.54, 1.807) is 0 Å². The molecule has 25 heavy (non-hydrogen) atoms. The zero-order valence-electron chi connectivity index (χ0n) is 14.9. The van der Waals surface area contributed by atoms with Gasteiger partial charge in [0.25, 0.3) is 0 Å². The van der Waals surface area contributed by atoms with Crippen molar-refractivity contribution in [2.24, 2.45) is 11.8 Å². The molecule has 5 heteroatoms. The minimum Gasteiger partial charge on any atom is -0.274 e. The molecule has 2 bridgehead atoms. The van der Waals surface area contributed by atoms with Crippen LogP contribution in [0.1, 0.15) is 33.6 Å². The van der Waals surface area contributed by atoms with E-state index in [9.17, 15) is 9.59 Å². The van der Waals surface area contributed by atoms with Crippen LogP contribution in [0.25, 0.3) is 0 Å². The zero-order valence-corrected chi connectivity index (χ0v) is 16.6. The largest absolute Gasteiger partial charge is 0.274 e. The van der Waals surface area contributed by atoms with Crippen molar-refractivity contribution in [2.45, 2.75) is 44.9 Å². The lowest BCUT2D eigenvalue weighted by Gasteiger charge is -2.27. The van der Waals surface area contributed by atoms with Crippen molar-refractivity contribution in [1.29, 1.82) is 0 Å². The summed E-state index contributed by atoms with van der Waals surface area (Å²) in [5.74, 6) is -0.481. The zero-order chi connectivity index (χ0) is 17.9. The van der Waals surface area contributed by atoms with Crippen molar-refractivity contribution >= 4 is 35.3 Å². The van der Waals surface area contributed by atoms with Gasteiger partial charge >= 0.3 is 0 Å². The van der Waals surface area contributed by atoms with E-state index in [1.807, 2.05) is 30.3 Å². The standard InChI is InChI=1S/C20H24NO2PS/c1-4-5-11-24(25)17-12(2)13(3)18(24)16-15(17)19(22)21(20(16)23)14-9-7-6-8-10-14/h6-10,15-18H,4-5,11H2,1-3H3/t15-,16+,17-,18+,24?. The number of rotatable bonds is 4. The van der Waals surface area contributed by atoms with E-state index in [4.69, 9.17) is 11.8 Å². The van der Waals surface area contributed by atoms with Crippen molar-refractivity contribution in [3.05, 3.63) is 41.5 Å². The first-order chi connectivity index (χ1) is 11.9. The average molecular weight is 373 g/mol. The third-order valence-electron chi connectivity index (χ3n) is 6.40. The number of amides is 2. The second kappa shape index (κ2) is 5.89. The summed E-state index contributed by atoms with van der Waals surface area (Å²) in [6.45, 7) is 6.47. The van der Waals surface area contributed by atoms with Crippen LogP contribution in [0.3, 0.4) is 0 Å². The van der Waals surface area contributed by atoms with Crippen LogP contribution >= 0.6 is 6.04 Å². The molecular weight excluding hydrogens is 349 g/mol. The number of fused-ring (bicyclic) bond motifs is 5. The molecule has 3 heterocycles. The molecule has 0 aromatic heterocycles. The van der Waals surface area contributed by atoms with E-state index in [1.165, 1.54) is 16.0 Å². The van der Waals surface area contributed by atoms with Crippen molar-refractivity contribution in [3.63, 3.8) is 0 Å². The Balaban J connectivity index is 1.78. The number of para-hydroxylation sites is 1. The van der Waals surface area contributed by atoms with Gasteiger partial charge in [0.1, 0.15) is 0 Å². The Hall–Kier alpha value is -1.25. The number of anilines is 1. The molecule has 1 aromatic rings. The average Bonchev–Trinajstić information content (AvgIpc) is 3.09. The normalized spacial score (nSPS) is 36.5. The molecule has 5 atom stereocenters. The van der Waals surface area contributed by atoms with Crippen LogP contribution in [0.5, 0.6) is 0 Å². The van der Waals surface area contributed by atoms with Gasteiger partial charge in [0.05, 0.1) is 17.5 Å². The van der Waals surface area contributed by atoms with Crippen LogP contribution in [-0.4, -0.2) is 29.3 Å². The van der Waals surface area contributed by atoms with Crippen molar-refractivity contribution in [1.82, 2.24) is 0 Å². The smallest absolute Gasteiger partial charge is 0.238 e. The van der Waals surface area contributed by atoms with Crippen LogP contribution < -0.4 is 4.90 Å². The quantitative estimate of drug-likeness (QED) is 0.452. The first-order valence-electron chi connectivity index (χ1n) is 9.12. The number of allylic oxidation sites excluding steroid dienone is 2. The lowest BCUT2D eigenvalue weighted by Crippen LogP contribution is -2.34. The van der Waals surface area contributed by atoms with E-state index in [0.29, 0.717) is 5.69 Å². The maximum Gasteiger partial charge on any atom is 0.238 e. The molecule has 1 aromatic carbocycles. The van der Waals surface area contributed by atoms with Crippen LogP contribution in [-0.2, 0) is 21.4 Å². The van der Waals surface area contributed by atoms with Gasteiger partial charge in [0.2, 0.25) is 11.8 Å². The third kappa shape index (κ3) is 2.13. The molecule has 2 saturated heterocycles. The fraction of sp³-hybridized carbons (Fsp3) is 0.500. The van der Waals surface area contributed by atoms with E-state index < -0.39 is 6.04 Å². The molecule has 0 radical (unpaired) electrons. The summed E-state index contributed by atoms with van der Waals surface area (Å²) in [5, 5.41) is 0. The van der Waals surface area contributed by atoms with Gasteiger partial charge in [0, 0.05) is 11.3 Å². The third-order valence-corrected chi connectivity index (χ3v) is 12.6. The Morgan fingerprint density at radius 2 is 1.52 bits per heavy atom. The number of carbonyl (C=O) groups is 2. The maximum absolute atomic E-state index is 13.3. The van der Waals surface area contributed by atoms with Crippen molar-refractivity contribution in [3.8, 4) is 0 Å². The Labute approximate surface area is 154 Å². The summed E-state index contributed by atoms with van der Waals surface area (Å²) in [4.78, 5) is 27.9. The highest BCUT2D eigenvalue weighted by Crippen LogP contribution is 2.77. The molecule has 2 amide bonds. The summed E-state index contributed by atoms with van der Waals surface area (Å²) in [5.41, 5.74) is 3.61. The summed E-state index contributed by atoms with van der Waals surface area (Å²) >= 11 is 6.26. The predicted octanol–water partition coefficient (Wildman–Crippen LogP) is 4.17. The Morgan fingerprint density at radius 1 is 1.00 bits per heavy atom. The topological polar surface area (TPSA) is 37.4 Å². The molecule has 1 unspecified atom stereocenters. The van der Waals surface area contributed by atoms with Gasteiger partial charge < -0.3 is 0 Å². The van der Waals surface area contributed by atoms with Gasteiger partial charge in [-0.25, -0.2) is 4.90 Å². The number of nitrogens with zero attached hydrogens (tertiary/aromatic N) is 1. The van der Waals surface area contributed by atoms with Crippen LogP contribution in [0.4, 0.5) is 5.69 Å². The molecular formula is C20H24NO2PS. The highest BCUT2D eigenvalue weighted by molar-refractivity contribution is 8.15. The van der Waals surface area contributed by atoms with E-state index in [2.05, 4.69) is 20.8 Å². The number of carbonyl (C=O) groups excluding carboxylic acids is 2. The molecule has 3 aliphatic heterocycles. The number of benzene rings is 1. The van der Waals surface area contributed by atoms with Gasteiger partial charge in [0.15, 0.2) is 0 Å². The van der Waals surface area contributed by atoms with Gasteiger partial charge in [-0.15, -0.1) is 0 Å². The van der Waals surface area contributed by atoms with Gasteiger partial charge in [-0.2, -0.15) is 0 Å². The lowest BCUT2D eigenvalue weighted by atomic mass is 9.78. The molecule has 0 saturated carbocycles. The monoisotopic (exact) mass is 373 g/mol. The minimum absolute atomic E-state index is 0.0220. The number of hydrogen-bond donors (Lipinski definition) is 0. The van der Waals surface area contributed by atoms with Gasteiger partial charge in [-0.05, 0) is 44.6 Å². The summed E-state index contributed by atoms with van der Waals surface area (Å²) in [6, 6.07) is 7.59. The van der Waals surface area contributed by atoms with Crippen LogP contribution in [0.15, 0.2) is 41.5 Å². The summed E-state index contributed by atoms with van der Waals surface area (Å²) in [7, 11) is 0. The minimum atomic E-state index is -1.75. The Kier molecular flexibility index (Phi) is 4.05. The number of unbranched alkanes of at least 4 members (excludes halogenated alkanes) is 1. The molecule has 3 nitrogen and oxygen atoms in total.